The third-order valence-electron chi connectivity index (χ3n) is 6.92. The van der Waals surface area contributed by atoms with Crippen LogP contribution in [0.3, 0.4) is 0 Å². The van der Waals surface area contributed by atoms with Gasteiger partial charge in [0.15, 0.2) is 0 Å². The minimum absolute atomic E-state index is 0.0198. The molecule has 2 aromatic heterocycles. The zero-order chi connectivity index (χ0) is 28.7. The number of carbonyl (C=O) groups is 2. The van der Waals surface area contributed by atoms with Crippen LogP contribution in [-0.2, 0) is 16.1 Å². The summed E-state index contributed by atoms with van der Waals surface area (Å²) in [5.41, 5.74) is 0.805. The van der Waals surface area contributed by atoms with E-state index < -0.39 is 18.2 Å². The zero-order valence-electron chi connectivity index (χ0n) is 24.9. The number of ether oxygens (including phenoxy) is 3. The first kappa shape index (κ1) is 33.4. The van der Waals surface area contributed by atoms with Crippen LogP contribution in [0.15, 0.2) is 35.2 Å². The Hall–Kier alpha value is -2.83. The number of hydrogen-bond donors (Lipinski definition) is 0. The lowest BCUT2D eigenvalue weighted by atomic mass is 10.1. The Morgan fingerprint density at radius 1 is 0.725 bits per heavy atom. The maximum Gasteiger partial charge on any atom is 0.314 e. The van der Waals surface area contributed by atoms with Gasteiger partial charge in [-0.15, -0.1) is 0 Å². The van der Waals surface area contributed by atoms with E-state index in [4.69, 9.17) is 18.6 Å². The van der Waals surface area contributed by atoms with Crippen molar-refractivity contribution < 1.29 is 28.2 Å². The molecule has 0 aliphatic rings. The van der Waals surface area contributed by atoms with Crippen LogP contribution in [0, 0.1) is 0 Å². The van der Waals surface area contributed by atoms with Gasteiger partial charge in [-0.2, -0.15) is 0 Å². The molecule has 0 atom stereocenters. The number of aromatic nitrogens is 1. The lowest BCUT2D eigenvalue weighted by Crippen LogP contribution is -2.12. The molecule has 7 nitrogen and oxygen atoms in total. The van der Waals surface area contributed by atoms with Gasteiger partial charge in [0.05, 0.1) is 13.2 Å². The van der Waals surface area contributed by atoms with E-state index >= 15 is 0 Å². The summed E-state index contributed by atoms with van der Waals surface area (Å²) in [7, 11) is 0. The highest BCUT2D eigenvalue weighted by molar-refractivity contribution is 6.06. The van der Waals surface area contributed by atoms with Crippen molar-refractivity contribution in [3.8, 4) is 11.5 Å². The smallest absolute Gasteiger partial charge is 0.314 e. The molecule has 0 aliphatic carbocycles. The summed E-state index contributed by atoms with van der Waals surface area (Å²) >= 11 is 0. The van der Waals surface area contributed by atoms with Gasteiger partial charge in [0.25, 0.3) is 0 Å². The monoisotopic (exact) mass is 557 g/mol. The van der Waals surface area contributed by atoms with Crippen LogP contribution >= 0.6 is 0 Å². The van der Waals surface area contributed by atoms with Crippen LogP contribution in [0.4, 0.5) is 0 Å². The van der Waals surface area contributed by atoms with Crippen LogP contribution in [0.1, 0.15) is 139 Å². The number of furan rings is 1. The van der Waals surface area contributed by atoms with Crippen LogP contribution < -0.4 is 9.47 Å². The Morgan fingerprint density at radius 2 is 1.25 bits per heavy atom. The lowest BCUT2D eigenvalue weighted by Gasteiger charge is -2.10. The van der Waals surface area contributed by atoms with Gasteiger partial charge in [0, 0.05) is 12.4 Å². The molecule has 0 spiro atoms. The maximum atomic E-state index is 12.9. The maximum absolute atomic E-state index is 12.9. The second-order valence-corrected chi connectivity index (χ2v) is 10.5. The third kappa shape index (κ3) is 14.5. The number of rotatable bonds is 25. The summed E-state index contributed by atoms with van der Waals surface area (Å²) in [5.74, 6) is -0.349. The predicted molar refractivity (Wildman–Crippen MR) is 158 cm³/mol. The molecule has 0 aliphatic heterocycles. The van der Waals surface area contributed by atoms with Crippen molar-refractivity contribution in [1.82, 2.24) is 4.98 Å². The number of hydrogen-bond acceptors (Lipinski definition) is 7. The quantitative estimate of drug-likeness (QED) is 0.0521. The molecule has 40 heavy (non-hydrogen) atoms. The molecule has 2 heterocycles. The van der Waals surface area contributed by atoms with Gasteiger partial charge in [-0.25, -0.2) is 0 Å². The van der Waals surface area contributed by atoms with Gasteiger partial charge in [-0.3, -0.25) is 14.6 Å². The fourth-order valence-corrected chi connectivity index (χ4v) is 4.49. The average molecular weight is 558 g/mol. The van der Waals surface area contributed by atoms with E-state index in [0.29, 0.717) is 24.7 Å². The minimum atomic E-state index is -0.617. The van der Waals surface area contributed by atoms with Crippen molar-refractivity contribution >= 4 is 11.8 Å². The first-order chi connectivity index (χ1) is 19.7. The van der Waals surface area contributed by atoms with E-state index in [-0.39, 0.29) is 12.4 Å². The summed E-state index contributed by atoms with van der Waals surface area (Å²) in [6, 6.07) is 3.52. The van der Waals surface area contributed by atoms with E-state index in [1.165, 1.54) is 83.3 Å². The number of pyridine rings is 1. The second-order valence-electron chi connectivity index (χ2n) is 10.5. The number of Topliss-reactive ketones (excluding diaryl/α,β-unsaturated/α-hetero) is 1. The van der Waals surface area contributed by atoms with Crippen molar-refractivity contribution in [3.63, 3.8) is 0 Å². The summed E-state index contributed by atoms with van der Waals surface area (Å²) in [5, 5.41) is 0. The third-order valence-corrected chi connectivity index (χ3v) is 6.92. The van der Waals surface area contributed by atoms with E-state index in [1.807, 2.05) is 0 Å². The molecule has 2 aromatic rings. The fourth-order valence-electron chi connectivity index (χ4n) is 4.49. The minimum Gasteiger partial charge on any atom is -0.487 e. The number of carbonyl (C=O) groups excluding carboxylic acids is 2. The Balaban J connectivity index is 1.83. The number of esters is 1. The Labute approximate surface area is 241 Å². The van der Waals surface area contributed by atoms with E-state index in [9.17, 15) is 9.59 Å². The molecule has 0 radical (unpaired) electrons. The molecule has 0 bridgehead atoms. The predicted octanol–water partition coefficient (Wildman–Crippen LogP) is 9.03. The highest BCUT2D eigenvalue weighted by atomic mass is 16.5. The van der Waals surface area contributed by atoms with Crippen molar-refractivity contribution in [1.29, 1.82) is 0 Å². The van der Waals surface area contributed by atoms with Crippen molar-refractivity contribution in [3.05, 3.63) is 42.1 Å². The normalized spacial score (nSPS) is 10.9. The van der Waals surface area contributed by atoms with Gasteiger partial charge in [0.1, 0.15) is 19.3 Å². The standard InChI is InChI=1S/C33H51NO6/c1-3-5-7-9-11-13-15-17-23-37-30-27-40-32(33(30)38-24-18-16-14-12-10-8-6-4-2)29(35)25-31(36)39-26-28-19-21-34-22-20-28/h19-22,27H,3-18,23-26H2,1-2H3. The Morgan fingerprint density at radius 3 is 1.82 bits per heavy atom. The highest BCUT2D eigenvalue weighted by Crippen LogP contribution is 2.35. The molecule has 2 rings (SSSR count). The fraction of sp³-hybridized carbons (Fsp3) is 0.667. The van der Waals surface area contributed by atoms with Crippen LogP contribution in [-0.4, -0.2) is 30.0 Å². The molecule has 0 unspecified atom stereocenters. The summed E-state index contributed by atoms with van der Waals surface area (Å²) < 4.78 is 22.8. The Bertz CT molecular complexity index is 926. The molecule has 0 fully saturated rings. The molecule has 0 aromatic carbocycles. The number of ketones is 1. The zero-order valence-corrected chi connectivity index (χ0v) is 24.9. The van der Waals surface area contributed by atoms with Crippen molar-refractivity contribution in [2.75, 3.05) is 13.2 Å². The van der Waals surface area contributed by atoms with Gasteiger partial charge in [0.2, 0.25) is 23.0 Å². The van der Waals surface area contributed by atoms with Gasteiger partial charge >= 0.3 is 5.97 Å². The first-order valence-electron chi connectivity index (χ1n) is 15.6. The number of unbranched alkanes of at least 4 members (excludes halogenated alkanes) is 14. The van der Waals surface area contributed by atoms with Crippen LogP contribution in [0.25, 0.3) is 0 Å². The van der Waals surface area contributed by atoms with Gasteiger partial charge in [-0.05, 0) is 30.5 Å². The van der Waals surface area contributed by atoms with E-state index in [1.54, 1.807) is 24.5 Å². The lowest BCUT2D eigenvalue weighted by molar-refractivity contribution is -0.143. The Kier molecular flexibility index (Phi) is 18.3. The summed E-state index contributed by atoms with van der Waals surface area (Å²) in [6.07, 6.45) is 23.5. The topological polar surface area (TPSA) is 87.9 Å². The molecule has 224 valence electrons. The van der Waals surface area contributed by atoms with Crippen LogP contribution in [0.2, 0.25) is 0 Å². The molecular weight excluding hydrogens is 506 g/mol. The molecule has 7 heteroatoms. The summed E-state index contributed by atoms with van der Waals surface area (Å²) in [4.78, 5) is 29.2. The van der Waals surface area contributed by atoms with E-state index in [0.717, 1.165) is 31.2 Å². The molecule has 0 saturated carbocycles. The first-order valence-corrected chi connectivity index (χ1v) is 15.6. The average Bonchev–Trinajstić information content (AvgIpc) is 3.37. The van der Waals surface area contributed by atoms with Crippen molar-refractivity contribution in [2.24, 2.45) is 0 Å². The second kappa shape index (κ2) is 21.9. The van der Waals surface area contributed by atoms with Crippen molar-refractivity contribution in [2.45, 2.75) is 130 Å². The molecular formula is C33H51NO6. The van der Waals surface area contributed by atoms with E-state index in [2.05, 4.69) is 18.8 Å². The molecule has 0 amide bonds. The molecule has 0 saturated heterocycles. The van der Waals surface area contributed by atoms with Crippen LogP contribution in [0.5, 0.6) is 11.5 Å². The SMILES string of the molecule is CCCCCCCCCCOc1coc(C(=O)CC(=O)OCc2ccncc2)c1OCCCCCCCCCC. The van der Waals surface area contributed by atoms with Gasteiger partial charge < -0.3 is 18.6 Å². The largest absolute Gasteiger partial charge is 0.487 e. The summed E-state index contributed by atoms with van der Waals surface area (Å²) in [6.45, 7) is 5.54. The highest BCUT2D eigenvalue weighted by Gasteiger charge is 2.25. The molecule has 0 N–H and O–H groups in total. The van der Waals surface area contributed by atoms with Gasteiger partial charge in [-0.1, -0.05) is 104 Å². The number of nitrogens with zero attached hydrogens (tertiary/aromatic N) is 1.